The van der Waals surface area contributed by atoms with Gasteiger partial charge in [-0.2, -0.15) is 11.8 Å². The number of carboxylic acid groups (broad SMARTS) is 2. The molecule has 20 heavy (non-hydrogen) atoms. The number of thioether (sulfide) groups is 1. The summed E-state index contributed by atoms with van der Waals surface area (Å²) < 4.78 is 0. The normalized spacial score (nSPS) is 16.3. The Balaban J connectivity index is 0. The van der Waals surface area contributed by atoms with Gasteiger partial charge in [-0.05, 0) is 38.7 Å². The molecule has 0 radical (unpaired) electrons. The van der Waals surface area contributed by atoms with Gasteiger partial charge in [-0.15, -0.1) is 0 Å². The maximum absolute atomic E-state index is 10.4. The van der Waals surface area contributed by atoms with Crippen LogP contribution in [0.4, 0.5) is 0 Å². The largest absolute Gasteiger partial charge is 0.480 e. The van der Waals surface area contributed by atoms with Crippen LogP contribution in [0.15, 0.2) is 0 Å². The average molecular weight is 308 g/mol. The molecule has 0 spiro atoms. The van der Waals surface area contributed by atoms with E-state index in [9.17, 15) is 9.59 Å². The lowest BCUT2D eigenvalue weighted by molar-refractivity contribution is -0.143. The van der Waals surface area contributed by atoms with Gasteiger partial charge < -0.3 is 21.7 Å². The molecule has 0 rings (SSSR count). The fraction of sp³-hybridized carbons (Fsp3) is 0.846. The lowest BCUT2D eigenvalue weighted by atomic mass is 9.97. The van der Waals surface area contributed by atoms with Crippen LogP contribution >= 0.6 is 11.8 Å². The summed E-state index contributed by atoms with van der Waals surface area (Å²) in [5, 5.41) is 17.1. The summed E-state index contributed by atoms with van der Waals surface area (Å²) >= 11 is 1.60. The van der Waals surface area contributed by atoms with Gasteiger partial charge in [-0.25, -0.2) is 0 Å². The maximum Gasteiger partial charge on any atom is 0.323 e. The van der Waals surface area contributed by atoms with Gasteiger partial charge in [-0.1, -0.05) is 19.8 Å². The van der Waals surface area contributed by atoms with Crippen LogP contribution < -0.4 is 11.5 Å². The van der Waals surface area contributed by atoms with Gasteiger partial charge in [0.05, 0.1) is 0 Å². The Hall–Kier alpha value is -0.790. The third-order valence-electron chi connectivity index (χ3n) is 2.85. The van der Waals surface area contributed by atoms with E-state index in [1.807, 2.05) is 13.2 Å². The molecule has 0 aromatic rings. The number of carboxylic acids is 2. The number of hydrogen-bond acceptors (Lipinski definition) is 5. The van der Waals surface area contributed by atoms with Crippen molar-refractivity contribution in [2.45, 2.75) is 57.5 Å². The highest BCUT2D eigenvalue weighted by Crippen LogP contribution is 2.10. The van der Waals surface area contributed by atoms with Crippen LogP contribution in [0.2, 0.25) is 0 Å². The summed E-state index contributed by atoms with van der Waals surface area (Å²) in [5.74, 6) is -1.05. The smallest absolute Gasteiger partial charge is 0.323 e. The molecule has 0 saturated heterocycles. The Morgan fingerprint density at radius 3 is 1.75 bits per heavy atom. The van der Waals surface area contributed by atoms with Crippen LogP contribution in [0, 0.1) is 0 Å². The first-order valence-electron chi connectivity index (χ1n) is 6.54. The standard InChI is InChI=1S/C7H15NO2.C6H13NO2S/c1-3-4-5-7(2,8)6(9)10;1-6(7,5(8)9)3-4-10-2/h3-5,8H2,1-2H3,(H,9,10);3-4,7H2,1-2H3,(H,8,9)/t7-;6-/m00/s1. The lowest BCUT2D eigenvalue weighted by Crippen LogP contribution is -2.45. The molecule has 0 heterocycles. The second-order valence-electron chi connectivity index (χ2n) is 5.29. The van der Waals surface area contributed by atoms with Crippen LogP contribution in [0.5, 0.6) is 0 Å². The van der Waals surface area contributed by atoms with Crippen molar-refractivity contribution in [1.29, 1.82) is 0 Å². The van der Waals surface area contributed by atoms with Crippen molar-refractivity contribution in [1.82, 2.24) is 0 Å². The minimum atomic E-state index is -1.05. The van der Waals surface area contributed by atoms with Crippen molar-refractivity contribution >= 4 is 23.7 Å². The van der Waals surface area contributed by atoms with E-state index in [0.717, 1.165) is 18.6 Å². The van der Waals surface area contributed by atoms with Crippen molar-refractivity contribution in [3.05, 3.63) is 0 Å². The number of rotatable bonds is 8. The topological polar surface area (TPSA) is 127 Å². The van der Waals surface area contributed by atoms with Gasteiger partial charge in [0.15, 0.2) is 0 Å². The molecule has 0 aliphatic carbocycles. The zero-order valence-electron chi connectivity index (χ0n) is 12.8. The van der Waals surface area contributed by atoms with Crippen LogP contribution in [-0.2, 0) is 9.59 Å². The van der Waals surface area contributed by atoms with Crippen molar-refractivity contribution < 1.29 is 19.8 Å². The Morgan fingerprint density at radius 1 is 1.05 bits per heavy atom. The van der Waals surface area contributed by atoms with Crippen molar-refractivity contribution in [2.24, 2.45) is 11.5 Å². The van der Waals surface area contributed by atoms with E-state index in [1.54, 1.807) is 18.7 Å². The number of nitrogens with two attached hydrogens (primary N) is 2. The summed E-state index contributed by atoms with van der Waals surface area (Å²) in [6.07, 6.45) is 4.86. The third-order valence-corrected chi connectivity index (χ3v) is 3.46. The van der Waals surface area contributed by atoms with E-state index in [2.05, 4.69) is 0 Å². The van der Waals surface area contributed by atoms with Gasteiger partial charge in [0.1, 0.15) is 11.1 Å². The zero-order chi connectivity index (χ0) is 16.4. The number of carbonyl (C=O) groups is 2. The summed E-state index contributed by atoms with van der Waals surface area (Å²) in [7, 11) is 0. The first-order valence-corrected chi connectivity index (χ1v) is 7.94. The monoisotopic (exact) mass is 308 g/mol. The van der Waals surface area contributed by atoms with Crippen molar-refractivity contribution in [2.75, 3.05) is 12.0 Å². The van der Waals surface area contributed by atoms with E-state index in [4.69, 9.17) is 21.7 Å². The molecule has 0 aromatic heterocycles. The first kappa shape index (κ1) is 21.5. The predicted molar refractivity (Wildman–Crippen MR) is 83.0 cm³/mol. The fourth-order valence-electron chi connectivity index (χ4n) is 1.07. The number of aliphatic carboxylic acids is 2. The zero-order valence-corrected chi connectivity index (χ0v) is 13.6. The molecular weight excluding hydrogens is 280 g/mol. The van der Waals surface area contributed by atoms with E-state index in [1.165, 1.54) is 6.92 Å². The van der Waals surface area contributed by atoms with Crippen molar-refractivity contribution in [3.63, 3.8) is 0 Å². The second kappa shape index (κ2) is 10.0. The summed E-state index contributed by atoms with van der Waals surface area (Å²) in [6.45, 7) is 5.09. The van der Waals surface area contributed by atoms with Gasteiger partial charge in [0.2, 0.25) is 0 Å². The van der Waals surface area contributed by atoms with E-state index in [-0.39, 0.29) is 0 Å². The molecule has 120 valence electrons. The second-order valence-corrected chi connectivity index (χ2v) is 6.28. The Labute approximate surface area is 125 Å². The molecule has 0 fully saturated rings. The molecule has 7 heteroatoms. The molecule has 0 saturated carbocycles. The van der Waals surface area contributed by atoms with Crippen LogP contribution in [0.1, 0.15) is 46.5 Å². The molecule has 6 N–H and O–H groups in total. The average Bonchev–Trinajstić information content (AvgIpc) is 2.34. The van der Waals surface area contributed by atoms with Crippen molar-refractivity contribution in [3.8, 4) is 0 Å². The summed E-state index contributed by atoms with van der Waals surface area (Å²) in [6, 6.07) is 0. The van der Waals surface area contributed by atoms with Gasteiger partial charge in [0, 0.05) is 0 Å². The molecular formula is C13H28N2O4S. The highest BCUT2D eigenvalue weighted by Gasteiger charge is 2.27. The van der Waals surface area contributed by atoms with Crippen LogP contribution in [0.3, 0.4) is 0 Å². The van der Waals surface area contributed by atoms with Crippen LogP contribution in [0.25, 0.3) is 0 Å². The van der Waals surface area contributed by atoms with Gasteiger partial charge >= 0.3 is 11.9 Å². The van der Waals surface area contributed by atoms with Gasteiger partial charge in [0.25, 0.3) is 0 Å². The molecule has 0 amide bonds. The Kier molecular flexibility index (Phi) is 10.8. The molecule has 0 aliphatic rings. The van der Waals surface area contributed by atoms with E-state index in [0.29, 0.717) is 12.8 Å². The fourth-order valence-corrected chi connectivity index (χ4v) is 1.70. The first-order chi connectivity index (χ1) is 9.01. The van der Waals surface area contributed by atoms with E-state index >= 15 is 0 Å². The minimum absolute atomic E-state index is 0.517. The quantitative estimate of drug-likeness (QED) is 0.535. The Bertz CT molecular complexity index is 277. The highest BCUT2D eigenvalue weighted by atomic mass is 32.2. The maximum atomic E-state index is 10.4. The molecule has 6 nitrogen and oxygen atoms in total. The summed E-state index contributed by atoms with van der Waals surface area (Å²) in [4.78, 5) is 20.8. The third kappa shape index (κ3) is 10.1. The Morgan fingerprint density at radius 2 is 1.45 bits per heavy atom. The molecule has 0 aromatic carbocycles. The molecule has 0 unspecified atom stereocenters. The highest BCUT2D eigenvalue weighted by molar-refractivity contribution is 7.98. The number of hydrogen-bond donors (Lipinski definition) is 4. The number of unbranched alkanes of at least 4 members (excludes halogenated alkanes) is 1. The van der Waals surface area contributed by atoms with Gasteiger partial charge in [-0.3, -0.25) is 9.59 Å². The SMILES string of the molecule is CCCC[C@](C)(N)C(=O)O.CSCC[C@](C)(N)C(=O)O. The lowest BCUT2D eigenvalue weighted by Gasteiger charge is -2.17. The molecule has 0 bridgehead atoms. The van der Waals surface area contributed by atoms with E-state index < -0.39 is 23.0 Å². The molecule has 2 atom stereocenters. The predicted octanol–water partition coefficient (Wildman–Crippen LogP) is 1.52. The van der Waals surface area contributed by atoms with Crippen LogP contribution in [-0.4, -0.2) is 45.2 Å². The summed E-state index contributed by atoms with van der Waals surface area (Å²) in [5.41, 5.74) is 8.79. The molecule has 0 aliphatic heterocycles. The minimum Gasteiger partial charge on any atom is -0.480 e.